The molecule has 0 unspecified atom stereocenters. The summed E-state index contributed by atoms with van der Waals surface area (Å²) in [5.41, 5.74) is 3.28. The Morgan fingerprint density at radius 3 is 2.73 bits per heavy atom. The summed E-state index contributed by atoms with van der Waals surface area (Å²) >= 11 is 0. The minimum atomic E-state index is 0.219. The first-order valence-electron chi connectivity index (χ1n) is 9.03. The van der Waals surface area contributed by atoms with E-state index in [9.17, 15) is 4.79 Å². The van der Waals surface area contributed by atoms with Gasteiger partial charge < -0.3 is 0 Å². The molecule has 3 aromatic heterocycles. The summed E-state index contributed by atoms with van der Waals surface area (Å²) in [5, 5.41) is 9.05. The first kappa shape index (κ1) is 16.8. The molecule has 1 aliphatic rings. The molecular formula is C19H22N6O. The molecule has 7 nitrogen and oxygen atoms in total. The molecule has 0 amide bonds. The third kappa shape index (κ3) is 3.77. The fraction of sp³-hybridized carbons (Fsp3) is 0.421. The quantitative estimate of drug-likeness (QED) is 0.701. The topological polar surface area (TPSA) is 76.8 Å². The van der Waals surface area contributed by atoms with Crippen LogP contribution in [0.25, 0.3) is 22.2 Å². The van der Waals surface area contributed by atoms with Crippen molar-refractivity contribution in [3.8, 4) is 11.3 Å². The molecule has 7 heteroatoms. The van der Waals surface area contributed by atoms with E-state index >= 15 is 0 Å². The maximum atomic E-state index is 12.4. The molecule has 1 aliphatic heterocycles. The van der Waals surface area contributed by atoms with Gasteiger partial charge in [0, 0.05) is 29.9 Å². The van der Waals surface area contributed by atoms with Crippen LogP contribution in [0.4, 0.5) is 0 Å². The van der Waals surface area contributed by atoms with Crippen LogP contribution in [0, 0.1) is 0 Å². The van der Waals surface area contributed by atoms with Crippen molar-refractivity contribution >= 4 is 16.7 Å². The number of aryl methyl sites for hydroxylation is 1. The van der Waals surface area contributed by atoms with Gasteiger partial charge in [0.1, 0.15) is 5.69 Å². The Bertz CT molecular complexity index is 929. The molecule has 0 bridgehead atoms. The van der Waals surface area contributed by atoms with Crippen LogP contribution in [0.3, 0.4) is 0 Å². The van der Waals surface area contributed by atoms with Gasteiger partial charge in [-0.1, -0.05) is 11.6 Å². The lowest BCUT2D eigenvalue weighted by Gasteiger charge is -2.25. The molecule has 0 radical (unpaired) electrons. The third-order valence-electron chi connectivity index (χ3n) is 4.75. The molecule has 0 spiro atoms. The maximum Gasteiger partial charge on any atom is 0.152 e. The van der Waals surface area contributed by atoms with E-state index in [0.29, 0.717) is 13.0 Å². The highest BCUT2D eigenvalue weighted by molar-refractivity contribution is 5.85. The number of carbonyl (C=O) groups excluding carboxylic acids is 1. The molecular weight excluding hydrogens is 328 g/mol. The number of aromatic nitrogens is 5. The Kier molecular flexibility index (Phi) is 4.71. The monoisotopic (exact) mass is 350 g/mol. The van der Waals surface area contributed by atoms with Gasteiger partial charge in [-0.2, -0.15) is 0 Å². The molecule has 0 atom stereocenters. The SMILES string of the molecule is Cn1cc(-c2cnc3cnc(CC(=O)CN4CCCCC4)cc3c2)nn1. The fourth-order valence-corrected chi connectivity index (χ4v) is 3.42. The number of hydrogen-bond donors (Lipinski definition) is 0. The largest absolute Gasteiger partial charge is 0.298 e. The van der Waals surface area contributed by atoms with Crippen LogP contribution >= 0.6 is 0 Å². The molecule has 134 valence electrons. The lowest BCUT2D eigenvalue weighted by molar-refractivity contribution is -0.119. The lowest BCUT2D eigenvalue weighted by atomic mass is 10.1. The molecule has 0 aliphatic carbocycles. The van der Waals surface area contributed by atoms with Gasteiger partial charge in [-0.25, -0.2) is 0 Å². The average molecular weight is 350 g/mol. The molecule has 0 aromatic carbocycles. The number of hydrogen-bond acceptors (Lipinski definition) is 6. The molecule has 4 rings (SSSR count). The summed E-state index contributed by atoms with van der Waals surface area (Å²) in [5.74, 6) is 0.219. The van der Waals surface area contributed by atoms with Crippen molar-refractivity contribution in [1.82, 2.24) is 29.9 Å². The zero-order valence-electron chi connectivity index (χ0n) is 14.9. The van der Waals surface area contributed by atoms with Crippen molar-refractivity contribution in [3.63, 3.8) is 0 Å². The van der Waals surface area contributed by atoms with Crippen LogP contribution in [-0.4, -0.2) is 55.3 Å². The number of rotatable bonds is 5. The highest BCUT2D eigenvalue weighted by Crippen LogP contribution is 2.21. The van der Waals surface area contributed by atoms with Crippen LogP contribution in [0.1, 0.15) is 25.0 Å². The maximum absolute atomic E-state index is 12.4. The summed E-state index contributed by atoms with van der Waals surface area (Å²) in [6.07, 6.45) is 9.39. The van der Waals surface area contributed by atoms with Gasteiger partial charge in [0.15, 0.2) is 5.78 Å². The van der Waals surface area contributed by atoms with Gasteiger partial charge in [0.05, 0.1) is 30.9 Å². The number of ketones is 1. The van der Waals surface area contributed by atoms with Crippen LogP contribution in [0.15, 0.2) is 30.7 Å². The number of fused-ring (bicyclic) bond motifs is 1. The summed E-state index contributed by atoms with van der Waals surface area (Å²) < 4.78 is 1.66. The summed E-state index contributed by atoms with van der Waals surface area (Å²) in [6.45, 7) is 2.59. The van der Waals surface area contributed by atoms with Gasteiger partial charge in [0.25, 0.3) is 0 Å². The summed E-state index contributed by atoms with van der Waals surface area (Å²) in [4.78, 5) is 23.5. The van der Waals surface area contributed by atoms with E-state index in [-0.39, 0.29) is 5.78 Å². The van der Waals surface area contributed by atoms with E-state index < -0.39 is 0 Å². The molecule has 26 heavy (non-hydrogen) atoms. The number of nitrogens with zero attached hydrogens (tertiary/aromatic N) is 6. The second-order valence-corrected chi connectivity index (χ2v) is 6.92. The predicted molar refractivity (Wildman–Crippen MR) is 98.5 cm³/mol. The van der Waals surface area contributed by atoms with Crippen LogP contribution in [-0.2, 0) is 18.3 Å². The summed E-state index contributed by atoms with van der Waals surface area (Å²) in [6, 6.07) is 3.98. The van der Waals surface area contributed by atoms with Crippen molar-refractivity contribution in [1.29, 1.82) is 0 Å². The van der Waals surface area contributed by atoms with Gasteiger partial charge in [-0.3, -0.25) is 24.3 Å². The Balaban J connectivity index is 1.51. The zero-order valence-corrected chi connectivity index (χ0v) is 14.9. The average Bonchev–Trinajstić information content (AvgIpc) is 3.08. The number of Topliss-reactive ketones (excluding diaryl/α,β-unsaturated/α-hetero) is 1. The van der Waals surface area contributed by atoms with E-state index in [2.05, 4.69) is 25.2 Å². The van der Waals surface area contributed by atoms with Gasteiger partial charge in [0.2, 0.25) is 0 Å². The lowest BCUT2D eigenvalue weighted by Crippen LogP contribution is -2.35. The Morgan fingerprint density at radius 2 is 1.96 bits per heavy atom. The van der Waals surface area contributed by atoms with E-state index in [0.717, 1.165) is 40.9 Å². The zero-order chi connectivity index (χ0) is 17.9. The van der Waals surface area contributed by atoms with E-state index in [4.69, 9.17) is 0 Å². The normalized spacial score (nSPS) is 15.4. The van der Waals surface area contributed by atoms with E-state index in [1.165, 1.54) is 19.3 Å². The number of piperidine rings is 1. The summed E-state index contributed by atoms with van der Waals surface area (Å²) in [7, 11) is 1.83. The minimum absolute atomic E-state index is 0.219. The van der Waals surface area contributed by atoms with Crippen LogP contribution < -0.4 is 0 Å². The number of pyridine rings is 2. The van der Waals surface area contributed by atoms with Crippen LogP contribution in [0.2, 0.25) is 0 Å². The number of likely N-dealkylation sites (tertiary alicyclic amines) is 1. The van der Waals surface area contributed by atoms with Crippen molar-refractivity contribution < 1.29 is 4.79 Å². The Morgan fingerprint density at radius 1 is 1.12 bits per heavy atom. The fourth-order valence-electron chi connectivity index (χ4n) is 3.42. The Labute approximate surface area is 152 Å². The molecule has 0 saturated carbocycles. The standard InChI is InChI=1S/C19H22N6O/c1-24-13-19(22-23-24)15-7-14-8-16(20-11-18(14)21-10-15)9-17(26)12-25-5-3-2-4-6-25/h7-8,10-11,13H,2-6,9,12H2,1H3. The molecule has 0 N–H and O–H groups in total. The predicted octanol–water partition coefficient (Wildman–Crippen LogP) is 2.02. The smallest absolute Gasteiger partial charge is 0.152 e. The number of carbonyl (C=O) groups is 1. The van der Waals surface area contributed by atoms with E-state index in [1.54, 1.807) is 17.1 Å². The molecule has 1 saturated heterocycles. The van der Waals surface area contributed by atoms with Gasteiger partial charge in [-0.05, 0) is 38.1 Å². The van der Waals surface area contributed by atoms with Gasteiger partial charge in [-0.15, -0.1) is 5.10 Å². The third-order valence-corrected chi connectivity index (χ3v) is 4.75. The van der Waals surface area contributed by atoms with Gasteiger partial charge >= 0.3 is 0 Å². The van der Waals surface area contributed by atoms with Crippen molar-refractivity contribution in [3.05, 3.63) is 36.4 Å². The molecule has 3 aromatic rings. The van der Waals surface area contributed by atoms with Crippen molar-refractivity contribution in [2.45, 2.75) is 25.7 Å². The van der Waals surface area contributed by atoms with E-state index in [1.807, 2.05) is 25.4 Å². The second kappa shape index (κ2) is 7.29. The Hall–Kier alpha value is -2.67. The first-order valence-corrected chi connectivity index (χ1v) is 9.03. The minimum Gasteiger partial charge on any atom is -0.298 e. The second-order valence-electron chi connectivity index (χ2n) is 6.92. The molecule has 1 fully saturated rings. The van der Waals surface area contributed by atoms with Crippen molar-refractivity contribution in [2.24, 2.45) is 7.05 Å². The van der Waals surface area contributed by atoms with Crippen molar-refractivity contribution in [2.75, 3.05) is 19.6 Å². The first-order chi connectivity index (χ1) is 12.7. The molecule has 4 heterocycles. The van der Waals surface area contributed by atoms with Crippen LogP contribution in [0.5, 0.6) is 0 Å². The highest BCUT2D eigenvalue weighted by Gasteiger charge is 2.15. The highest BCUT2D eigenvalue weighted by atomic mass is 16.1.